The Morgan fingerprint density at radius 3 is 2.31 bits per heavy atom. The zero-order valence-electron chi connectivity index (χ0n) is 14.6. The summed E-state index contributed by atoms with van der Waals surface area (Å²) in [6.07, 6.45) is 0. The van der Waals surface area contributed by atoms with Crippen molar-refractivity contribution >= 4 is 33.4 Å². The Hall–Kier alpha value is -2.74. The van der Waals surface area contributed by atoms with E-state index in [9.17, 15) is 9.59 Å². The van der Waals surface area contributed by atoms with Gasteiger partial charge in [0.2, 0.25) is 0 Å². The van der Waals surface area contributed by atoms with E-state index < -0.39 is 0 Å². The summed E-state index contributed by atoms with van der Waals surface area (Å²) in [6.45, 7) is -0.102. The number of ether oxygens (including phenoxy) is 3. The maximum atomic E-state index is 12.5. The van der Waals surface area contributed by atoms with Gasteiger partial charge in [-0.25, -0.2) is 0 Å². The molecule has 0 saturated carbocycles. The van der Waals surface area contributed by atoms with E-state index in [1.807, 2.05) is 0 Å². The molecule has 2 aromatic carbocycles. The molecule has 2 rings (SSSR count). The largest absolute Gasteiger partial charge is 0.495 e. The second kappa shape index (κ2) is 9.10. The summed E-state index contributed by atoms with van der Waals surface area (Å²) in [6, 6.07) is 9.98. The monoisotopic (exact) mass is 422 g/mol. The van der Waals surface area contributed by atoms with Gasteiger partial charge in [0, 0.05) is 24.4 Å². The Balaban J connectivity index is 2.16. The fraction of sp³-hybridized carbons (Fsp3) is 0.222. The standard InChI is InChI=1S/C18H19BrN2O5/c1-20-16(22)10-26-13-6-4-5-12(9-13)21-18(23)11-7-14(24-2)17(19)15(8-11)25-3/h4-9H,10H2,1-3H3,(H,20,22)(H,21,23). The van der Waals surface area contributed by atoms with E-state index in [1.54, 1.807) is 36.4 Å². The maximum absolute atomic E-state index is 12.5. The summed E-state index contributed by atoms with van der Waals surface area (Å²) in [4.78, 5) is 23.8. The van der Waals surface area contributed by atoms with Crippen LogP contribution in [0.1, 0.15) is 10.4 Å². The van der Waals surface area contributed by atoms with E-state index in [4.69, 9.17) is 14.2 Å². The van der Waals surface area contributed by atoms with Gasteiger partial charge in [-0.15, -0.1) is 0 Å². The summed E-state index contributed by atoms with van der Waals surface area (Å²) in [5.41, 5.74) is 0.906. The number of likely N-dealkylation sites (N-methyl/N-ethyl adjacent to an activating group) is 1. The van der Waals surface area contributed by atoms with Crippen molar-refractivity contribution in [1.29, 1.82) is 0 Å². The van der Waals surface area contributed by atoms with Crippen LogP contribution in [-0.2, 0) is 4.79 Å². The highest BCUT2D eigenvalue weighted by atomic mass is 79.9. The van der Waals surface area contributed by atoms with Crippen LogP contribution in [-0.4, -0.2) is 39.7 Å². The Kier molecular flexibility index (Phi) is 6.85. The lowest BCUT2D eigenvalue weighted by atomic mass is 10.1. The van der Waals surface area contributed by atoms with Gasteiger partial charge in [0.1, 0.15) is 21.7 Å². The average Bonchev–Trinajstić information content (AvgIpc) is 2.66. The third-order valence-corrected chi connectivity index (χ3v) is 4.23. The van der Waals surface area contributed by atoms with Crippen LogP contribution in [0.3, 0.4) is 0 Å². The lowest BCUT2D eigenvalue weighted by Crippen LogP contribution is -2.24. The van der Waals surface area contributed by atoms with Crippen LogP contribution in [0.25, 0.3) is 0 Å². The number of hydrogen-bond acceptors (Lipinski definition) is 5. The van der Waals surface area contributed by atoms with Crippen molar-refractivity contribution < 1.29 is 23.8 Å². The van der Waals surface area contributed by atoms with Crippen LogP contribution in [0.2, 0.25) is 0 Å². The highest BCUT2D eigenvalue weighted by molar-refractivity contribution is 9.10. The minimum Gasteiger partial charge on any atom is -0.495 e. The number of halogens is 1. The summed E-state index contributed by atoms with van der Waals surface area (Å²) >= 11 is 3.37. The van der Waals surface area contributed by atoms with Crippen LogP contribution < -0.4 is 24.8 Å². The van der Waals surface area contributed by atoms with Gasteiger partial charge in [0.05, 0.1) is 14.2 Å². The predicted octanol–water partition coefficient (Wildman–Crippen LogP) is 2.84. The smallest absolute Gasteiger partial charge is 0.257 e. The summed E-state index contributed by atoms with van der Waals surface area (Å²) < 4.78 is 16.5. The van der Waals surface area contributed by atoms with Crippen LogP contribution >= 0.6 is 15.9 Å². The third-order valence-electron chi connectivity index (χ3n) is 3.45. The van der Waals surface area contributed by atoms with Crippen LogP contribution in [0.4, 0.5) is 5.69 Å². The molecule has 0 atom stereocenters. The zero-order chi connectivity index (χ0) is 19.1. The molecule has 0 heterocycles. The molecule has 0 spiro atoms. The average molecular weight is 423 g/mol. The highest BCUT2D eigenvalue weighted by Crippen LogP contribution is 2.35. The van der Waals surface area contributed by atoms with Gasteiger partial charge in [-0.2, -0.15) is 0 Å². The topological polar surface area (TPSA) is 85.9 Å². The van der Waals surface area contributed by atoms with Gasteiger partial charge in [-0.1, -0.05) is 6.07 Å². The molecule has 8 heteroatoms. The molecule has 0 fully saturated rings. The van der Waals surface area contributed by atoms with Crippen molar-refractivity contribution in [3.8, 4) is 17.2 Å². The predicted molar refractivity (Wildman–Crippen MR) is 101 cm³/mol. The van der Waals surface area contributed by atoms with E-state index in [-0.39, 0.29) is 18.4 Å². The molecule has 2 amide bonds. The molecule has 0 saturated heterocycles. The van der Waals surface area contributed by atoms with Crippen molar-refractivity contribution in [3.05, 3.63) is 46.4 Å². The molecule has 0 radical (unpaired) electrons. The zero-order valence-corrected chi connectivity index (χ0v) is 16.2. The minimum atomic E-state index is -0.336. The second-order valence-electron chi connectivity index (χ2n) is 5.14. The molecule has 26 heavy (non-hydrogen) atoms. The molecule has 2 N–H and O–H groups in total. The highest BCUT2D eigenvalue weighted by Gasteiger charge is 2.15. The van der Waals surface area contributed by atoms with Gasteiger partial charge >= 0.3 is 0 Å². The fourth-order valence-corrected chi connectivity index (χ4v) is 2.64. The molecule has 0 aliphatic carbocycles. The molecule has 0 aliphatic rings. The Bertz CT molecular complexity index is 785. The number of methoxy groups -OCH3 is 2. The molecular formula is C18H19BrN2O5. The second-order valence-corrected chi connectivity index (χ2v) is 5.93. The minimum absolute atomic E-state index is 0.102. The van der Waals surface area contributed by atoms with Gasteiger partial charge in [-0.05, 0) is 40.2 Å². The molecule has 7 nitrogen and oxygen atoms in total. The van der Waals surface area contributed by atoms with Crippen molar-refractivity contribution in [3.63, 3.8) is 0 Å². The SMILES string of the molecule is CNC(=O)COc1cccc(NC(=O)c2cc(OC)c(Br)c(OC)c2)c1. The lowest BCUT2D eigenvalue weighted by Gasteiger charge is -2.12. The molecule has 0 aliphatic heterocycles. The van der Waals surface area contributed by atoms with Gasteiger partial charge in [0.25, 0.3) is 11.8 Å². The number of rotatable bonds is 7. The first-order chi connectivity index (χ1) is 12.5. The molecule has 0 aromatic heterocycles. The fourth-order valence-electron chi connectivity index (χ4n) is 2.09. The number of carbonyl (C=O) groups is 2. The molecule has 0 bridgehead atoms. The number of carbonyl (C=O) groups excluding carboxylic acids is 2. The van der Waals surface area contributed by atoms with Crippen molar-refractivity contribution in [1.82, 2.24) is 5.32 Å². The lowest BCUT2D eigenvalue weighted by molar-refractivity contribution is -0.122. The van der Waals surface area contributed by atoms with Gasteiger partial charge in [0.15, 0.2) is 6.61 Å². The molecular weight excluding hydrogens is 404 g/mol. The van der Waals surface area contributed by atoms with Crippen molar-refractivity contribution in [2.75, 3.05) is 33.2 Å². The Labute approximate surface area is 159 Å². The van der Waals surface area contributed by atoms with Gasteiger partial charge < -0.3 is 24.8 Å². The maximum Gasteiger partial charge on any atom is 0.257 e. The summed E-state index contributed by atoms with van der Waals surface area (Å²) in [5.74, 6) is 0.859. The summed E-state index contributed by atoms with van der Waals surface area (Å²) in [7, 11) is 4.55. The van der Waals surface area contributed by atoms with E-state index in [0.717, 1.165) is 0 Å². The van der Waals surface area contributed by atoms with E-state index in [1.165, 1.54) is 21.3 Å². The Morgan fingerprint density at radius 1 is 1.08 bits per heavy atom. The van der Waals surface area contributed by atoms with Crippen LogP contribution in [0, 0.1) is 0 Å². The number of amides is 2. The van der Waals surface area contributed by atoms with Crippen molar-refractivity contribution in [2.24, 2.45) is 0 Å². The number of nitrogens with one attached hydrogen (secondary N) is 2. The number of benzene rings is 2. The van der Waals surface area contributed by atoms with Crippen molar-refractivity contribution in [2.45, 2.75) is 0 Å². The molecule has 2 aromatic rings. The number of hydrogen-bond donors (Lipinski definition) is 2. The first kappa shape index (κ1) is 19.6. The normalized spacial score (nSPS) is 10.0. The molecule has 0 unspecified atom stereocenters. The molecule has 138 valence electrons. The van der Waals surface area contributed by atoms with Crippen LogP contribution in [0.15, 0.2) is 40.9 Å². The first-order valence-electron chi connectivity index (χ1n) is 7.64. The number of anilines is 1. The van der Waals surface area contributed by atoms with E-state index >= 15 is 0 Å². The third kappa shape index (κ3) is 4.89. The summed E-state index contributed by atoms with van der Waals surface area (Å²) in [5, 5.41) is 5.24. The van der Waals surface area contributed by atoms with Gasteiger partial charge in [-0.3, -0.25) is 9.59 Å². The first-order valence-corrected chi connectivity index (χ1v) is 8.44. The van der Waals surface area contributed by atoms with E-state index in [2.05, 4.69) is 26.6 Å². The van der Waals surface area contributed by atoms with E-state index in [0.29, 0.717) is 33.0 Å². The Morgan fingerprint density at radius 2 is 1.73 bits per heavy atom. The quantitative estimate of drug-likeness (QED) is 0.716. The van der Waals surface area contributed by atoms with Crippen LogP contribution in [0.5, 0.6) is 17.2 Å².